The van der Waals surface area contributed by atoms with Gasteiger partial charge < -0.3 is 14.6 Å². The zero-order valence-electron chi connectivity index (χ0n) is 20.5. The summed E-state index contributed by atoms with van der Waals surface area (Å²) in [6, 6.07) is 21.4. The van der Waals surface area contributed by atoms with Crippen LogP contribution in [0, 0.1) is 11.3 Å². The molecule has 0 atom stereocenters. The number of carbonyl (C=O) groups excluding carboxylic acids is 2. The Morgan fingerprint density at radius 3 is 2.41 bits per heavy atom. The van der Waals surface area contributed by atoms with Crippen molar-refractivity contribution >= 4 is 66.6 Å². The highest BCUT2D eigenvalue weighted by Crippen LogP contribution is 2.41. The number of aliphatic hydroxyl groups excluding tert-OH is 1. The molecule has 3 aromatic carbocycles. The zero-order chi connectivity index (χ0) is 27.9. The molecule has 0 unspecified atom stereocenters. The van der Waals surface area contributed by atoms with Crippen LogP contribution in [0.5, 0.6) is 5.75 Å². The van der Waals surface area contributed by atoms with E-state index < -0.39 is 11.9 Å². The van der Waals surface area contributed by atoms with E-state index in [1.165, 1.54) is 0 Å². The molecule has 1 aliphatic heterocycles. The van der Waals surface area contributed by atoms with E-state index in [9.17, 15) is 20.0 Å². The van der Waals surface area contributed by atoms with Gasteiger partial charge in [-0.1, -0.05) is 48.2 Å². The Bertz CT molecular complexity index is 1550. The quantitative estimate of drug-likeness (QED) is 0.262. The van der Waals surface area contributed by atoms with Crippen molar-refractivity contribution in [3.63, 3.8) is 0 Å². The highest BCUT2D eigenvalue weighted by molar-refractivity contribution is 9.11. The van der Waals surface area contributed by atoms with Crippen LogP contribution in [0.25, 0.3) is 6.08 Å². The molecule has 0 fully saturated rings. The van der Waals surface area contributed by atoms with Crippen LogP contribution in [0.15, 0.2) is 96.9 Å². The molecular formula is C29H20Br2N2O5S. The lowest BCUT2D eigenvalue weighted by Gasteiger charge is -2.12. The topological polar surface area (TPSA) is 109 Å². The van der Waals surface area contributed by atoms with Gasteiger partial charge in [0.1, 0.15) is 28.7 Å². The SMILES string of the molecule is CCOC(=O)C1=C(O)/C(=C/c2cc(Br)c(OCc3ccccc3C#N)c(Br)c2)SC1=NC(=O)c1ccccc1. The van der Waals surface area contributed by atoms with Crippen LogP contribution in [0.4, 0.5) is 0 Å². The van der Waals surface area contributed by atoms with Gasteiger partial charge in [-0.15, -0.1) is 0 Å². The number of nitriles is 1. The van der Waals surface area contributed by atoms with Crippen molar-refractivity contribution in [1.29, 1.82) is 5.26 Å². The second-order valence-corrected chi connectivity index (χ2v) is 10.8. The van der Waals surface area contributed by atoms with Gasteiger partial charge >= 0.3 is 5.97 Å². The lowest BCUT2D eigenvalue weighted by Crippen LogP contribution is -2.14. The molecule has 0 spiro atoms. The molecule has 1 aliphatic rings. The molecule has 39 heavy (non-hydrogen) atoms. The first-order valence-corrected chi connectivity index (χ1v) is 14.0. The Labute approximate surface area is 246 Å². The van der Waals surface area contributed by atoms with Gasteiger partial charge in [0.15, 0.2) is 0 Å². The van der Waals surface area contributed by atoms with Crippen molar-refractivity contribution in [2.45, 2.75) is 13.5 Å². The van der Waals surface area contributed by atoms with Gasteiger partial charge in [0.25, 0.3) is 5.91 Å². The molecule has 0 radical (unpaired) electrons. The van der Waals surface area contributed by atoms with Gasteiger partial charge in [0.05, 0.1) is 32.1 Å². The molecule has 4 rings (SSSR count). The van der Waals surface area contributed by atoms with E-state index in [1.54, 1.807) is 67.6 Å². The highest BCUT2D eigenvalue weighted by Gasteiger charge is 2.34. The number of esters is 1. The Kier molecular flexibility index (Phi) is 9.41. The van der Waals surface area contributed by atoms with Gasteiger partial charge in [-0.05, 0) is 80.8 Å². The number of halogens is 2. The summed E-state index contributed by atoms with van der Waals surface area (Å²) in [5, 5.41) is 20.3. The lowest BCUT2D eigenvalue weighted by molar-refractivity contribution is -0.138. The fourth-order valence-corrected chi connectivity index (χ4v) is 6.05. The molecular weight excluding hydrogens is 648 g/mol. The van der Waals surface area contributed by atoms with E-state index in [0.29, 0.717) is 36.3 Å². The summed E-state index contributed by atoms with van der Waals surface area (Å²) in [6.07, 6.45) is 1.67. The minimum absolute atomic E-state index is 0.0558. The number of carbonyl (C=O) groups is 2. The first-order chi connectivity index (χ1) is 18.8. The number of nitrogens with zero attached hydrogens (tertiary/aromatic N) is 2. The van der Waals surface area contributed by atoms with Gasteiger partial charge in [0, 0.05) is 11.1 Å². The molecule has 196 valence electrons. The van der Waals surface area contributed by atoms with Crippen LogP contribution in [-0.2, 0) is 16.1 Å². The zero-order valence-corrected chi connectivity index (χ0v) is 24.5. The van der Waals surface area contributed by atoms with Crippen LogP contribution in [0.1, 0.15) is 34.0 Å². The molecule has 1 amide bonds. The predicted molar refractivity (Wildman–Crippen MR) is 157 cm³/mol. The summed E-state index contributed by atoms with van der Waals surface area (Å²) < 4.78 is 12.3. The summed E-state index contributed by atoms with van der Waals surface area (Å²) in [5.74, 6) is -1.10. The number of thioether (sulfide) groups is 1. The number of hydrogen-bond acceptors (Lipinski definition) is 7. The second-order valence-electron chi connectivity index (χ2n) is 8.01. The summed E-state index contributed by atoms with van der Waals surface area (Å²) in [6.45, 7) is 1.94. The summed E-state index contributed by atoms with van der Waals surface area (Å²) in [7, 11) is 0. The van der Waals surface area contributed by atoms with E-state index in [4.69, 9.17) is 9.47 Å². The molecule has 7 nitrogen and oxygen atoms in total. The minimum atomic E-state index is -0.769. The first-order valence-electron chi connectivity index (χ1n) is 11.6. The Morgan fingerprint density at radius 2 is 1.74 bits per heavy atom. The second kappa shape index (κ2) is 12.9. The van der Waals surface area contributed by atoms with Crippen LogP contribution < -0.4 is 4.74 Å². The molecule has 0 saturated carbocycles. The first kappa shape index (κ1) is 28.4. The Morgan fingerprint density at radius 1 is 1.08 bits per heavy atom. The van der Waals surface area contributed by atoms with Crippen molar-refractivity contribution in [1.82, 2.24) is 0 Å². The maximum absolute atomic E-state index is 12.7. The Balaban J connectivity index is 1.63. The number of ether oxygens (including phenoxy) is 2. The molecule has 0 saturated heterocycles. The summed E-state index contributed by atoms with van der Waals surface area (Å²) in [5.41, 5.74) is 2.16. The average Bonchev–Trinajstić information content (AvgIpc) is 3.22. The summed E-state index contributed by atoms with van der Waals surface area (Å²) in [4.78, 5) is 29.8. The summed E-state index contributed by atoms with van der Waals surface area (Å²) >= 11 is 8.05. The van der Waals surface area contributed by atoms with E-state index in [2.05, 4.69) is 42.9 Å². The van der Waals surface area contributed by atoms with E-state index in [0.717, 1.165) is 17.3 Å². The maximum Gasteiger partial charge on any atom is 0.344 e. The predicted octanol–water partition coefficient (Wildman–Crippen LogP) is 7.36. The van der Waals surface area contributed by atoms with Gasteiger partial charge in [-0.3, -0.25) is 4.79 Å². The molecule has 1 N–H and O–H groups in total. The van der Waals surface area contributed by atoms with Gasteiger partial charge in [-0.2, -0.15) is 5.26 Å². The van der Waals surface area contributed by atoms with Crippen molar-refractivity contribution in [3.8, 4) is 11.8 Å². The van der Waals surface area contributed by atoms with Gasteiger partial charge in [0.2, 0.25) is 0 Å². The van der Waals surface area contributed by atoms with Crippen molar-refractivity contribution in [2.75, 3.05) is 6.61 Å². The van der Waals surface area contributed by atoms with Crippen LogP contribution >= 0.6 is 43.6 Å². The average molecular weight is 668 g/mol. The molecule has 1 heterocycles. The fraction of sp³-hybridized carbons (Fsp3) is 0.103. The van der Waals surface area contributed by atoms with Crippen molar-refractivity contribution in [2.24, 2.45) is 4.99 Å². The van der Waals surface area contributed by atoms with Crippen LogP contribution in [0.2, 0.25) is 0 Å². The van der Waals surface area contributed by atoms with Crippen LogP contribution in [-0.4, -0.2) is 28.6 Å². The number of rotatable bonds is 7. The van der Waals surface area contributed by atoms with Crippen LogP contribution in [0.3, 0.4) is 0 Å². The van der Waals surface area contributed by atoms with Crippen molar-refractivity contribution in [3.05, 3.63) is 114 Å². The fourth-order valence-electron chi connectivity index (χ4n) is 3.59. The molecule has 0 bridgehead atoms. The minimum Gasteiger partial charge on any atom is -0.506 e. The Hall–Kier alpha value is -3.65. The molecule has 0 aromatic heterocycles. The highest BCUT2D eigenvalue weighted by atomic mass is 79.9. The number of hydrogen-bond donors (Lipinski definition) is 1. The molecule has 3 aromatic rings. The van der Waals surface area contributed by atoms with Crippen molar-refractivity contribution < 1.29 is 24.2 Å². The van der Waals surface area contributed by atoms with E-state index in [-0.39, 0.29) is 29.6 Å². The van der Waals surface area contributed by atoms with E-state index in [1.807, 2.05) is 12.1 Å². The lowest BCUT2D eigenvalue weighted by atomic mass is 10.1. The third-order valence-electron chi connectivity index (χ3n) is 5.42. The number of amides is 1. The van der Waals surface area contributed by atoms with Gasteiger partial charge in [-0.25, -0.2) is 9.79 Å². The third kappa shape index (κ3) is 6.68. The third-order valence-corrected chi connectivity index (χ3v) is 7.62. The monoisotopic (exact) mass is 666 g/mol. The molecule has 10 heteroatoms. The number of benzene rings is 3. The van der Waals surface area contributed by atoms with E-state index >= 15 is 0 Å². The number of aliphatic imine (C=N–C) groups is 1. The number of aliphatic hydroxyl groups is 1. The molecule has 0 aliphatic carbocycles. The normalized spacial score (nSPS) is 14.9. The maximum atomic E-state index is 12.7. The smallest absolute Gasteiger partial charge is 0.344 e. The largest absolute Gasteiger partial charge is 0.506 e. The standard InChI is InChI=1S/C29H20Br2N2O5S/c1-2-37-29(36)24-25(34)23(39-28(24)33-27(35)18-8-4-3-5-9-18)14-17-12-21(30)26(22(31)13-17)38-16-20-11-7-6-10-19(20)15-32/h3-14,34H,2,16H2,1H3/b23-14-,33-28?.